The van der Waals surface area contributed by atoms with Crippen LogP contribution in [0.15, 0.2) is 243 Å². The van der Waals surface area contributed by atoms with Crippen LogP contribution < -0.4 is 26.2 Å². The Morgan fingerprint density at radius 3 is 1.14 bits per heavy atom. The van der Waals surface area contributed by atoms with Crippen LogP contribution in [0.4, 0.5) is 34.1 Å². The quantitative estimate of drug-likeness (QED) is 0.148. The summed E-state index contributed by atoms with van der Waals surface area (Å²) in [6.07, 6.45) is 4.71. The average Bonchev–Trinajstić information content (AvgIpc) is 1.39. The zero-order chi connectivity index (χ0) is 73.0. The minimum absolute atomic E-state index is 0.0622. The zero-order valence-corrected chi connectivity index (χ0v) is 64.8. The maximum absolute atomic E-state index is 2.65. The molecule has 4 aliphatic rings. The molecule has 2 aliphatic heterocycles. The SMILES string of the molecule is CC(C)(C)c1ccc2c(c1)c1cc(C(C)(C)C)ccc1n2-c1cc2c3c(c1)N(c1ccc(-c4ccc5c(c4)C(C)(C)CCC5(C)C)cc1)c1cc(-n4c5ccccc5c5ccccc54)ccc1B3c1ccc(-c3ccccc3C(C)(C)C)cc1N2c1ccc(-c2ccc3c(c2)C(C)(C)CCC3(C)C)cc1. The summed E-state index contributed by atoms with van der Waals surface area (Å²) in [4.78, 5) is 5.30. The van der Waals surface area contributed by atoms with Crippen molar-refractivity contribution < 1.29 is 0 Å². The molecule has 0 atom stereocenters. The molecule has 4 nitrogen and oxygen atoms in total. The molecule has 522 valence electrons. The molecule has 0 amide bonds. The van der Waals surface area contributed by atoms with Crippen LogP contribution in [0.1, 0.15) is 182 Å². The van der Waals surface area contributed by atoms with Crippen molar-refractivity contribution in [1.29, 1.82) is 0 Å². The molecule has 0 saturated heterocycles. The van der Waals surface area contributed by atoms with Crippen LogP contribution in [0.3, 0.4) is 0 Å². The second-order valence-electron chi connectivity index (χ2n) is 37.1. The van der Waals surface area contributed by atoms with Crippen molar-refractivity contribution in [1.82, 2.24) is 9.13 Å². The van der Waals surface area contributed by atoms with E-state index in [2.05, 4.69) is 379 Å². The molecule has 18 rings (SSSR count). The van der Waals surface area contributed by atoms with Crippen LogP contribution in [-0.4, -0.2) is 15.8 Å². The summed E-state index contributed by atoms with van der Waals surface area (Å²) >= 11 is 0. The van der Waals surface area contributed by atoms with Gasteiger partial charge in [-0.3, -0.25) is 0 Å². The van der Waals surface area contributed by atoms with E-state index in [1.807, 2.05) is 0 Å². The Kier molecular flexibility index (Phi) is 14.8. The fourth-order valence-electron chi connectivity index (χ4n) is 18.9. The first-order valence-electron chi connectivity index (χ1n) is 38.7. The largest absolute Gasteiger partial charge is 0.311 e. The first kappa shape index (κ1) is 66.8. The number of benzene rings is 12. The van der Waals surface area contributed by atoms with Gasteiger partial charge in [-0.15, -0.1) is 0 Å². The maximum Gasteiger partial charge on any atom is 0.252 e. The van der Waals surface area contributed by atoms with Gasteiger partial charge in [0.1, 0.15) is 0 Å². The number of rotatable bonds is 7. The number of hydrogen-bond donors (Lipinski definition) is 0. The molecule has 0 bridgehead atoms. The summed E-state index contributed by atoms with van der Waals surface area (Å²) in [6.45, 7) is 40.5. The molecule has 0 N–H and O–H groups in total. The highest BCUT2D eigenvalue weighted by molar-refractivity contribution is 7.00. The van der Waals surface area contributed by atoms with Crippen molar-refractivity contribution in [2.75, 3.05) is 9.80 Å². The van der Waals surface area contributed by atoms with Crippen LogP contribution in [-0.2, 0) is 37.9 Å². The van der Waals surface area contributed by atoms with E-state index in [4.69, 9.17) is 0 Å². The molecule has 14 aromatic rings. The van der Waals surface area contributed by atoms with Crippen LogP contribution in [0.5, 0.6) is 0 Å². The third kappa shape index (κ3) is 10.6. The van der Waals surface area contributed by atoms with Crippen molar-refractivity contribution in [3.63, 3.8) is 0 Å². The second kappa shape index (κ2) is 23.2. The van der Waals surface area contributed by atoms with E-state index in [0.29, 0.717) is 0 Å². The molecule has 0 unspecified atom stereocenters. The van der Waals surface area contributed by atoms with Crippen molar-refractivity contribution in [2.45, 2.75) is 181 Å². The van der Waals surface area contributed by atoms with E-state index in [1.54, 1.807) is 0 Å². The van der Waals surface area contributed by atoms with Gasteiger partial charge in [-0.25, -0.2) is 0 Å². The molecular formula is C100H99BN4. The summed E-state index contributed by atoms with van der Waals surface area (Å²) < 4.78 is 5.11. The highest BCUT2D eigenvalue weighted by Gasteiger charge is 2.46. The lowest BCUT2D eigenvalue weighted by Crippen LogP contribution is -2.61. The molecular weight excluding hydrogens is 1270 g/mol. The first-order valence-corrected chi connectivity index (χ1v) is 38.7. The second-order valence-corrected chi connectivity index (χ2v) is 37.1. The fourth-order valence-corrected chi connectivity index (χ4v) is 18.9. The smallest absolute Gasteiger partial charge is 0.252 e. The highest BCUT2D eigenvalue weighted by Crippen LogP contribution is 2.53. The standard InChI is InChI=1S/C100H99BN4/c1-94(2,3)67-37-48-87-76(57-67)77-58-68(95(4,5)6)38-49-88(77)105(87)72-60-91-93-92(61-72)103(70-41-32-63(33-42-70)65-35-45-80-82(55-65)100(16,17)53-51-98(80,12)13)90-59-71(104-85-28-22-19-25-74(85)75-26-20-23-29-86(75)104)43-47-84(90)101(93)83-46-36-66(73-24-18-21-27-78(73)96(7,8)9)56-89(83)102(91)69-39-30-62(31-40-69)64-34-44-79-81(54-64)99(14,15)52-50-97(79,10)11/h18-49,54-61H,50-53H2,1-17H3. The van der Waals surface area contributed by atoms with Crippen molar-refractivity contribution in [3.05, 3.63) is 282 Å². The summed E-state index contributed by atoms with van der Waals surface area (Å²) in [5, 5.41) is 5.03. The van der Waals surface area contributed by atoms with Crippen LogP contribution in [0.2, 0.25) is 0 Å². The summed E-state index contributed by atoms with van der Waals surface area (Å²) in [5.74, 6) is 0. The summed E-state index contributed by atoms with van der Waals surface area (Å²) in [7, 11) is 0. The molecule has 4 heterocycles. The Hall–Kier alpha value is -10.1. The van der Waals surface area contributed by atoms with E-state index in [-0.39, 0.29) is 44.6 Å². The van der Waals surface area contributed by atoms with Crippen LogP contribution in [0, 0.1) is 0 Å². The monoisotopic (exact) mass is 1370 g/mol. The molecule has 2 aromatic heterocycles. The molecule has 0 saturated carbocycles. The van der Waals surface area contributed by atoms with Gasteiger partial charge in [0.25, 0.3) is 6.71 Å². The molecule has 0 radical (unpaired) electrons. The maximum atomic E-state index is 2.65. The summed E-state index contributed by atoms with van der Waals surface area (Å²) in [5.41, 5.74) is 35.2. The van der Waals surface area contributed by atoms with Gasteiger partial charge < -0.3 is 18.9 Å². The molecule has 5 heteroatoms. The highest BCUT2D eigenvalue weighted by atomic mass is 15.2. The number of fused-ring (bicyclic) bond motifs is 12. The Labute approximate surface area is 623 Å². The van der Waals surface area contributed by atoms with Gasteiger partial charge in [-0.1, -0.05) is 269 Å². The zero-order valence-electron chi connectivity index (χ0n) is 64.8. The van der Waals surface area contributed by atoms with E-state index in [9.17, 15) is 0 Å². The van der Waals surface area contributed by atoms with Gasteiger partial charge in [-0.2, -0.15) is 0 Å². The third-order valence-electron chi connectivity index (χ3n) is 25.3. The molecule has 0 fully saturated rings. The summed E-state index contributed by atoms with van der Waals surface area (Å²) in [6, 6.07) is 95.6. The molecule has 0 spiro atoms. The minimum Gasteiger partial charge on any atom is -0.311 e. The predicted molar refractivity (Wildman–Crippen MR) is 452 cm³/mol. The fraction of sp³-hybridized carbons (Fsp3) is 0.280. The number of para-hydroxylation sites is 2. The van der Waals surface area contributed by atoms with Gasteiger partial charge in [0.15, 0.2) is 0 Å². The van der Waals surface area contributed by atoms with Crippen molar-refractivity contribution in [3.8, 4) is 44.8 Å². The van der Waals surface area contributed by atoms with E-state index < -0.39 is 0 Å². The lowest BCUT2D eigenvalue weighted by Gasteiger charge is -2.45. The molecule has 2 aliphatic carbocycles. The van der Waals surface area contributed by atoms with Gasteiger partial charge in [0.05, 0.1) is 27.8 Å². The molecule has 12 aromatic carbocycles. The topological polar surface area (TPSA) is 16.3 Å². The van der Waals surface area contributed by atoms with Crippen molar-refractivity contribution >= 4 is 101 Å². The lowest BCUT2D eigenvalue weighted by molar-refractivity contribution is 0.332. The Morgan fingerprint density at radius 2 is 0.667 bits per heavy atom. The van der Waals surface area contributed by atoms with Gasteiger partial charge in [0, 0.05) is 61.4 Å². The normalized spacial score (nSPS) is 16.3. The third-order valence-corrected chi connectivity index (χ3v) is 25.3. The predicted octanol–water partition coefficient (Wildman–Crippen LogP) is 25.6. The minimum atomic E-state index is -0.160. The number of aromatic nitrogens is 2. The lowest BCUT2D eigenvalue weighted by atomic mass is 9.33. The Balaban J connectivity index is 0.940. The van der Waals surface area contributed by atoms with Crippen LogP contribution in [0.25, 0.3) is 88.4 Å². The van der Waals surface area contributed by atoms with E-state index in [1.165, 1.54) is 164 Å². The van der Waals surface area contributed by atoms with E-state index in [0.717, 1.165) is 39.8 Å². The number of anilines is 6. The average molecular weight is 1370 g/mol. The number of hydrogen-bond acceptors (Lipinski definition) is 2. The van der Waals surface area contributed by atoms with Gasteiger partial charge >= 0.3 is 0 Å². The van der Waals surface area contributed by atoms with E-state index >= 15 is 0 Å². The van der Waals surface area contributed by atoms with Crippen molar-refractivity contribution in [2.24, 2.45) is 0 Å². The van der Waals surface area contributed by atoms with Gasteiger partial charge in [-0.05, 0) is 243 Å². The Morgan fingerprint density at radius 1 is 0.286 bits per heavy atom. The number of nitrogens with zero attached hydrogens (tertiary/aromatic N) is 4. The Bertz CT molecular complexity index is 5800. The van der Waals surface area contributed by atoms with Crippen LogP contribution >= 0.6 is 0 Å². The van der Waals surface area contributed by atoms with Gasteiger partial charge in [0.2, 0.25) is 0 Å². The first-order chi connectivity index (χ1) is 49.9. The molecule has 105 heavy (non-hydrogen) atoms.